The minimum atomic E-state index is -0.791. The fourth-order valence-electron chi connectivity index (χ4n) is 1.98. The van der Waals surface area contributed by atoms with Crippen LogP contribution in [0.25, 0.3) is 16.2 Å². The monoisotopic (exact) mass is 218 g/mol. The summed E-state index contributed by atoms with van der Waals surface area (Å²) in [7, 11) is 0. The van der Waals surface area contributed by atoms with E-state index >= 15 is 0 Å². The predicted octanol–water partition coefficient (Wildman–Crippen LogP) is 2.32. The SMILES string of the molecule is O[C@@H]1C=Cc2sc3ccccc3c2[C@@H]1O. The first-order chi connectivity index (χ1) is 7.27. The molecule has 3 heteroatoms. The molecule has 2 nitrogen and oxygen atoms in total. The molecule has 1 aromatic carbocycles. The number of fused-ring (bicyclic) bond motifs is 3. The zero-order valence-electron chi connectivity index (χ0n) is 7.92. The van der Waals surface area contributed by atoms with Gasteiger partial charge in [0.15, 0.2) is 0 Å². The van der Waals surface area contributed by atoms with Gasteiger partial charge in [0.25, 0.3) is 0 Å². The van der Waals surface area contributed by atoms with Crippen LogP contribution >= 0.6 is 11.3 Å². The molecule has 76 valence electrons. The molecule has 0 fully saturated rings. The maximum absolute atomic E-state index is 9.92. The first-order valence-corrected chi connectivity index (χ1v) is 5.65. The Morgan fingerprint density at radius 3 is 2.80 bits per heavy atom. The topological polar surface area (TPSA) is 40.5 Å². The molecule has 0 unspecified atom stereocenters. The van der Waals surface area contributed by atoms with Crippen molar-refractivity contribution in [3.63, 3.8) is 0 Å². The number of benzene rings is 1. The van der Waals surface area contributed by atoms with E-state index in [9.17, 15) is 10.2 Å². The molecule has 2 atom stereocenters. The Balaban J connectivity index is 2.35. The summed E-state index contributed by atoms with van der Waals surface area (Å²) in [5.41, 5.74) is 0.866. The third-order valence-electron chi connectivity index (χ3n) is 2.73. The second-order valence-corrected chi connectivity index (χ2v) is 4.75. The van der Waals surface area contributed by atoms with Gasteiger partial charge in [-0.05, 0) is 17.5 Å². The van der Waals surface area contributed by atoms with Crippen LogP contribution < -0.4 is 0 Å². The Morgan fingerprint density at radius 1 is 1.13 bits per heavy atom. The number of thiophene rings is 1. The maximum Gasteiger partial charge on any atom is 0.110 e. The van der Waals surface area contributed by atoms with E-state index in [-0.39, 0.29) is 0 Å². The molecule has 0 saturated carbocycles. The molecule has 0 amide bonds. The van der Waals surface area contributed by atoms with Crippen molar-refractivity contribution in [3.8, 4) is 0 Å². The molecule has 3 rings (SSSR count). The van der Waals surface area contributed by atoms with E-state index < -0.39 is 12.2 Å². The Hall–Kier alpha value is -1.16. The van der Waals surface area contributed by atoms with Crippen LogP contribution in [-0.2, 0) is 0 Å². The van der Waals surface area contributed by atoms with Crippen molar-refractivity contribution in [1.29, 1.82) is 0 Å². The summed E-state index contributed by atoms with van der Waals surface area (Å²) in [6.45, 7) is 0. The van der Waals surface area contributed by atoms with Gasteiger partial charge in [-0.1, -0.05) is 24.3 Å². The molecule has 1 aromatic heterocycles. The van der Waals surface area contributed by atoms with E-state index in [1.54, 1.807) is 17.4 Å². The summed E-state index contributed by atoms with van der Waals surface area (Å²) in [5.74, 6) is 0. The Bertz CT molecular complexity index is 542. The van der Waals surface area contributed by atoms with E-state index in [0.717, 1.165) is 20.5 Å². The third-order valence-corrected chi connectivity index (χ3v) is 3.88. The predicted molar refractivity (Wildman–Crippen MR) is 61.8 cm³/mol. The Morgan fingerprint density at radius 2 is 1.93 bits per heavy atom. The van der Waals surface area contributed by atoms with Crippen LogP contribution in [0.5, 0.6) is 0 Å². The average Bonchev–Trinajstić information content (AvgIpc) is 2.62. The lowest BCUT2D eigenvalue weighted by molar-refractivity contribution is 0.0483. The molecular weight excluding hydrogens is 208 g/mol. The van der Waals surface area contributed by atoms with E-state index in [0.29, 0.717) is 0 Å². The highest BCUT2D eigenvalue weighted by Gasteiger charge is 2.26. The van der Waals surface area contributed by atoms with Gasteiger partial charge in [-0.25, -0.2) is 0 Å². The fraction of sp³-hybridized carbons (Fsp3) is 0.167. The first-order valence-electron chi connectivity index (χ1n) is 4.83. The highest BCUT2D eigenvalue weighted by atomic mass is 32.1. The molecule has 1 aliphatic carbocycles. The van der Waals surface area contributed by atoms with E-state index in [1.807, 2.05) is 30.3 Å². The summed E-state index contributed by atoms with van der Waals surface area (Å²) >= 11 is 1.65. The van der Waals surface area contributed by atoms with Gasteiger partial charge < -0.3 is 10.2 Å². The Labute approximate surface area is 91.1 Å². The number of hydrogen-bond acceptors (Lipinski definition) is 3. The first kappa shape index (κ1) is 9.09. The van der Waals surface area contributed by atoms with Crippen molar-refractivity contribution < 1.29 is 10.2 Å². The maximum atomic E-state index is 9.92. The van der Waals surface area contributed by atoms with Gasteiger partial charge in [0.05, 0.1) is 0 Å². The molecule has 0 aliphatic heterocycles. The number of rotatable bonds is 0. The van der Waals surface area contributed by atoms with Gasteiger partial charge >= 0.3 is 0 Å². The number of aliphatic hydroxyl groups is 2. The quantitative estimate of drug-likeness (QED) is 0.712. The van der Waals surface area contributed by atoms with Crippen molar-refractivity contribution in [2.75, 3.05) is 0 Å². The smallest absolute Gasteiger partial charge is 0.110 e. The molecule has 2 N–H and O–H groups in total. The van der Waals surface area contributed by atoms with E-state index in [4.69, 9.17) is 0 Å². The summed E-state index contributed by atoms with van der Waals surface area (Å²) in [4.78, 5) is 1.05. The number of aliphatic hydroxyl groups excluding tert-OH is 2. The minimum absolute atomic E-state index is 0.782. The van der Waals surface area contributed by atoms with Crippen LogP contribution in [0.1, 0.15) is 16.5 Å². The molecular formula is C12H10O2S. The highest BCUT2D eigenvalue weighted by Crippen LogP contribution is 2.40. The molecule has 1 aliphatic rings. The van der Waals surface area contributed by atoms with Crippen LogP contribution in [0.15, 0.2) is 30.3 Å². The van der Waals surface area contributed by atoms with Crippen molar-refractivity contribution in [2.24, 2.45) is 0 Å². The lowest BCUT2D eigenvalue weighted by Gasteiger charge is -2.19. The Kier molecular flexibility index (Phi) is 1.92. The zero-order chi connectivity index (χ0) is 10.4. The van der Waals surface area contributed by atoms with E-state index in [1.165, 1.54) is 0 Å². The molecule has 0 bridgehead atoms. The van der Waals surface area contributed by atoms with Gasteiger partial charge in [0.2, 0.25) is 0 Å². The van der Waals surface area contributed by atoms with Crippen LogP contribution in [0, 0.1) is 0 Å². The second kappa shape index (κ2) is 3.17. The number of hydrogen-bond donors (Lipinski definition) is 2. The van der Waals surface area contributed by atoms with Gasteiger partial charge in [-0.15, -0.1) is 11.3 Å². The summed E-state index contributed by atoms with van der Waals surface area (Å²) in [5, 5.41) is 20.5. The van der Waals surface area contributed by atoms with E-state index in [2.05, 4.69) is 0 Å². The minimum Gasteiger partial charge on any atom is -0.386 e. The third kappa shape index (κ3) is 1.24. The largest absolute Gasteiger partial charge is 0.386 e. The van der Waals surface area contributed by atoms with Crippen LogP contribution in [-0.4, -0.2) is 16.3 Å². The molecule has 1 heterocycles. The standard InChI is InChI=1S/C12H10O2S/c13-8-5-6-10-11(12(8)14)7-3-1-2-4-9(7)15-10/h1-6,8,12-14H/t8-,12-/m1/s1. The molecule has 0 spiro atoms. The summed E-state index contributed by atoms with van der Waals surface area (Å²) in [6.07, 6.45) is 1.96. The average molecular weight is 218 g/mol. The van der Waals surface area contributed by atoms with Crippen molar-refractivity contribution in [3.05, 3.63) is 40.8 Å². The van der Waals surface area contributed by atoms with Crippen LogP contribution in [0.2, 0.25) is 0 Å². The summed E-state index contributed by atoms with van der Waals surface area (Å²) < 4.78 is 1.15. The van der Waals surface area contributed by atoms with Gasteiger partial charge in [-0.2, -0.15) is 0 Å². The second-order valence-electron chi connectivity index (χ2n) is 3.67. The van der Waals surface area contributed by atoms with Gasteiger partial charge in [0, 0.05) is 15.1 Å². The van der Waals surface area contributed by atoms with Gasteiger partial charge in [0.1, 0.15) is 12.2 Å². The molecule has 0 radical (unpaired) electrons. The van der Waals surface area contributed by atoms with Crippen molar-refractivity contribution in [1.82, 2.24) is 0 Å². The van der Waals surface area contributed by atoms with Crippen molar-refractivity contribution >= 4 is 27.5 Å². The van der Waals surface area contributed by atoms with Gasteiger partial charge in [-0.3, -0.25) is 0 Å². The molecule has 2 aromatic rings. The van der Waals surface area contributed by atoms with Crippen LogP contribution in [0.4, 0.5) is 0 Å². The zero-order valence-corrected chi connectivity index (χ0v) is 8.74. The molecule has 0 saturated heterocycles. The highest BCUT2D eigenvalue weighted by molar-refractivity contribution is 7.20. The fourth-order valence-corrected chi connectivity index (χ4v) is 3.13. The molecule has 15 heavy (non-hydrogen) atoms. The lowest BCUT2D eigenvalue weighted by atomic mass is 9.96. The lowest BCUT2D eigenvalue weighted by Crippen LogP contribution is -2.18. The van der Waals surface area contributed by atoms with Crippen LogP contribution in [0.3, 0.4) is 0 Å². The van der Waals surface area contributed by atoms with Crippen molar-refractivity contribution in [2.45, 2.75) is 12.2 Å². The normalized spacial score (nSPS) is 24.4. The summed E-state index contributed by atoms with van der Waals surface area (Å²) in [6, 6.07) is 7.95.